The van der Waals surface area contributed by atoms with Crippen molar-refractivity contribution in [1.82, 2.24) is 5.32 Å². The van der Waals surface area contributed by atoms with Crippen LogP contribution >= 0.6 is 0 Å². The quantitative estimate of drug-likeness (QED) is 0.403. The summed E-state index contributed by atoms with van der Waals surface area (Å²) in [6.45, 7) is 0. The number of benzene rings is 3. The number of nitrogens with one attached hydrogen (secondary N) is 1. The molecular weight excluding hydrogens is 397 g/mol. The maximum Gasteiger partial charge on any atom is 0.335 e. The Bertz CT molecular complexity index is 1190. The molecule has 154 valence electrons. The largest absolute Gasteiger partial charge is 0.497 e. The highest BCUT2D eigenvalue weighted by atomic mass is 19.1. The third kappa shape index (κ3) is 4.41. The molecule has 1 heterocycles. The molecule has 0 fully saturated rings. The van der Waals surface area contributed by atoms with Gasteiger partial charge in [0.15, 0.2) is 0 Å². The minimum Gasteiger partial charge on any atom is -0.497 e. The lowest BCUT2D eigenvalue weighted by molar-refractivity contribution is -0.137. The van der Waals surface area contributed by atoms with Gasteiger partial charge in [-0.2, -0.15) is 0 Å². The first-order valence-corrected chi connectivity index (χ1v) is 9.58. The predicted molar refractivity (Wildman–Crippen MR) is 112 cm³/mol. The number of methoxy groups -OCH3 is 1. The summed E-state index contributed by atoms with van der Waals surface area (Å²) in [4.78, 5) is 25.5. The van der Waals surface area contributed by atoms with Crippen molar-refractivity contribution in [2.45, 2.75) is 12.0 Å². The van der Waals surface area contributed by atoms with Gasteiger partial charge in [-0.05, 0) is 48.5 Å². The zero-order valence-electron chi connectivity index (χ0n) is 16.6. The fraction of sp³-hybridized carbons (Fsp3) is 0.120. The highest BCUT2D eigenvalue weighted by Gasteiger charge is 2.38. The lowest BCUT2D eigenvalue weighted by Crippen LogP contribution is -2.49. The van der Waals surface area contributed by atoms with E-state index in [2.05, 4.69) is 17.2 Å². The van der Waals surface area contributed by atoms with E-state index in [1.54, 1.807) is 60.7 Å². The maximum absolute atomic E-state index is 13.5. The van der Waals surface area contributed by atoms with Gasteiger partial charge in [0.05, 0.1) is 13.0 Å². The number of para-hydroxylation sites is 1. The second-order valence-corrected chi connectivity index (χ2v) is 6.90. The summed E-state index contributed by atoms with van der Waals surface area (Å²) >= 11 is 0. The fourth-order valence-electron chi connectivity index (χ4n) is 3.32. The van der Waals surface area contributed by atoms with Crippen LogP contribution in [0.5, 0.6) is 11.5 Å². The SMILES string of the molecule is COc1ccc(C(=O)N[C@@H]2C(=O)Oc3ccccc3[C@@H]2C#Cc2cccc(F)c2)cc1. The molecule has 0 aromatic heterocycles. The first kappa shape index (κ1) is 20.2. The number of carbonyl (C=O) groups is 2. The highest BCUT2D eigenvalue weighted by Crippen LogP contribution is 2.34. The van der Waals surface area contributed by atoms with Crippen LogP contribution in [0.1, 0.15) is 27.4 Å². The number of ether oxygens (including phenoxy) is 2. The molecular formula is C25H18FNO4. The molecule has 1 aliphatic heterocycles. The van der Waals surface area contributed by atoms with Crippen LogP contribution in [0.25, 0.3) is 0 Å². The van der Waals surface area contributed by atoms with Gasteiger partial charge < -0.3 is 14.8 Å². The molecule has 6 heteroatoms. The summed E-state index contributed by atoms with van der Waals surface area (Å²) in [5.41, 5.74) is 1.51. The number of rotatable bonds is 3. The molecule has 0 saturated heterocycles. The summed E-state index contributed by atoms with van der Waals surface area (Å²) in [6.07, 6.45) is 0. The van der Waals surface area contributed by atoms with Crippen molar-refractivity contribution in [2.75, 3.05) is 7.11 Å². The second kappa shape index (κ2) is 8.72. The molecule has 0 radical (unpaired) electrons. The van der Waals surface area contributed by atoms with E-state index in [9.17, 15) is 14.0 Å². The molecule has 1 amide bonds. The Kier molecular flexibility index (Phi) is 5.67. The number of amides is 1. The van der Waals surface area contributed by atoms with E-state index in [0.717, 1.165) is 0 Å². The molecule has 0 unspecified atom stereocenters. The zero-order valence-corrected chi connectivity index (χ0v) is 16.6. The van der Waals surface area contributed by atoms with E-state index in [0.29, 0.717) is 28.2 Å². The Morgan fingerprint density at radius 1 is 1.06 bits per heavy atom. The number of carbonyl (C=O) groups excluding carboxylic acids is 2. The van der Waals surface area contributed by atoms with Gasteiger partial charge >= 0.3 is 5.97 Å². The Morgan fingerprint density at radius 2 is 1.84 bits per heavy atom. The molecule has 31 heavy (non-hydrogen) atoms. The number of esters is 1. The highest BCUT2D eigenvalue weighted by molar-refractivity contribution is 5.98. The van der Waals surface area contributed by atoms with Gasteiger partial charge in [0, 0.05) is 16.7 Å². The van der Waals surface area contributed by atoms with Gasteiger partial charge in [-0.25, -0.2) is 9.18 Å². The van der Waals surface area contributed by atoms with Crippen LogP contribution < -0.4 is 14.8 Å². The molecule has 4 rings (SSSR count). The Morgan fingerprint density at radius 3 is 2.58 bits per heavy atom. The third-order valence-corrected chi connectivity index (χ3v) is 4.89. The third-order valence-electron chi connectivity index (χ3n) is 4.89. The Hall–Kier alpha value is -4.11. The minimum atomic E-state index is -1.02. The summed E-state index contributed by atoms with van der Waals surface area (Å²) in [5, 5.41) is 2.73. The van der Waals surface area contributed by atoms with Gasteiger partial charge in [0.2, 0.25) is 0 Å². The molecule has 3 aromatic carbocycles. The maximum atomic E-state index is 13.5. The lowest BCUT2D eigenvalue weighted by atomic mass is 9.88. The van der Waals surface area contributed by atoms with Gasteiger partial charge in [-0.1, -0.05) is 36.1 Å². The van der Waals surface area contributed by atoms with Gasteiger partial charge in [-0.3, -0.25) is 4.79 Å². The normalized spacial score (nSPS) is 16.9. The van der Waals surface area contributed by atoms with E-state index >= 15 is 0 Å². The van der Waals surface area contributed by atoms with Crippen LogP contribution in [0.2, 0.25) is 0 Å². The molecule has 2 atom stereocenters. The van der Waals surface area contributed by atoms with E-state index < -0.39 is 29.7 Å². The molecule has 1 aliphatic rings. The molecule has 0 bridgehead atoms. The fourth-order valence-corrected chi connectivity index (χ4v) is 3.32. The average molecular weight is 415 g/mol. The predicted octanol–water partition coefficient (Wildman–Crippen LogP) is 3.69. The van der Waals surface area contributed by atoms with Crippen LogP contribution in [-0.4, -0.2) is 25.0 Å². The molecule has 0 saturated carbocycles. The first-order chi connectivity index (χ1) is 15.0. The van der Waals surface area contributed by atoms with Crippen LogP contribution in [0.15, 0.2) is 72.8 Å². The number of fused-ring (bicyclic) bond motifs is 1. The van der Waals surface area contributed by atoms with Crippen molar-refractivity contribution in [1.29, 1.82) is 0 Å². The number of halogens is 1. The van der Waals surface area contributed by atoms with Crippen molar-refractivity contribution in [3.63, 3.8) is 0 Å². The van der Waals surface area contributed by atoms with E-state index in [1.807, 2.05) is 0 Å². The Balaban J connectivity index is 1.67. The monoisotopic (exact) mass is 415 g/mol. The summed E-state index contributed by atoms with van der Waals surface area (Å²) in [7, 11) is 1.53. The standard InChI is InChI=1S/C25H18FNO4/c1-30-19-12-10-17(11-13-19)24(28)27-23-21(14-9-16-5-4-6-18(26)15-16)20-7-2-3-8-22(20)31-25(23)29/h2-8,10-13,15,21,23H,1H3,(H,27,28)/t21-,23-/m0/s1. The summed E-state index contributed by atoms with van der Waals surface area (Å²) in [5.74, 6) is 4.81. The van der Waals surface area contributed by atoms with E-state index in [4.69, 9.17) is 9.47 Å². The number of hydrogen-bond acceptors (Lipinski definition) is 4. The van der Waals surface area contributed by atoms with Gasteiger partial charge in [-0.15, -0.1) is 0 Å². The smallest absolute Gasteiger partial charge is 0.335 e. The van der Waals surface area contributed by atoms with Crippen molar-refractivity contribution in [3.8, 4) is 23.3 Å². The van der Waals surface area contributed by atoms with E-state index in [-0.39, 0.29) is 0 Å². The van der Waals surface area contributed by atoms with Crippen molar-refractivity contribution >= 4 is 11.9 Å². The van der Waals surface area contributed by atoms with Gasteiger partial charge in [0.25, 0.3) is 5.91 Å². The molecule has 0 aliphatic carbocycles. The van der Waals surface area contributed by atoms with Crippen molar-refractivity contribution in [3.05, 3.63) is 95.3 Å². The minimum absolute atomic E-state index is 0.365. The Labute approximate surface area is 178 Å². The topological polar surface area (TPSA) is 64.6 Å². The van der Waals surface area contributed by atoms with E-state index in [1.165, 1.54) is 19.2 Å². The van der Waals surface area contributed by atoms with Crippen molar-refractivity contribution < 1.29 is 23.5 Å². The van der Waals surface area contributed by atoms with Gasteiger partial charge in [0.1, 0.15) is 23.4 Å². The van der Waals surface area contributed by atoms with Crippen LogP contribution in [0.4, 0.5) is 4.39 Å². The molecule has 1 N–H and O–H groups in total. The molecule has 3 aromatic rings. The average Bonchev–Trinajstić information content (AvgIpc) is 2.79. The summed E-state index contributed by atoms with van der Waals surface area (Å²) in [6, 6.07) is 18.4. The second-order valence-electron chi connectivity index (χ2n) is 6.90. The molecule has 0 spiro atoms. The first-order valence-electron chi connectivity index (χ1n) is 9.58. The summed E-state index contributed by atoms with van der Waals surface area (Å²) < 4.78 is 24.0. The van der Waals surface area contributed by atoms with Crippen molar-refractivity contribution in [2.24, 2.45) is 0 Å². The molecule has 5 nitrogen and oxygen atoms in total. The van der Waals surface area contributed by atoms with Crippen LogP contribution in [-0.2, 0) is 4.79 Å². The zero-order chi connectivity index (χ0) is 21.8. The number of hydrogen-bond donors (Lipinski definition) is 1. The van der Waals surface area contributed by atoms with Crippen LogP contribution in [0.3, 0.4) is 0 Å². The lowest BCUT2D eigenvalue weighted by Gasteiger charge is -2.29. The van der Waals surface area contributed by atoms with Crippen LogP contribution in [0, 0.1) is 17.7 Å².